The smallest absolute Gasteiger partial charge is 0.329 e. The summed E-state index contributed by atoms with van der Waals surface area (Å²) in [5.41, 5.74) is 1.70. The van der Waals surface area contributed by atoms with E-state index < -0.39 is 66.2 Å². The van der Waals surface area contributed by atoms with Gasteiger partial charge in [-0.1, -0.05) is 128 Å². The maximum Gasteiger partial charge on any atom is 0.329 e. The minimum atomic E-state index is -0.993. The number of carboxylic acids is 1. The number of amides is 4. The van der Waals surface area contributed by atoms with Crippen LogP contribution in [0.5, 0.6) is 0 Å². The zero-order valence-corrected chi connectivity index (χ0v) is 42.8. The Kier molecular flexibility index (Phi) is 22.1. The van der Waals surface area contributed by atoms with Gasteiger partial charge in [-0.3, -0.25) is 28.9 Å². The Labute approximate surface area is 410 Å². The number of carbonyl (C=O) groups excluding carboxylic acids is 5. The number of ether oxygens (including phenoxy) is 3. The Morgan fingerprint density at radius 1 is 0.826 bits per heavy atom. The third-order valence-corrected chi connectivity index (χ3v) is 13.9. The summed E-state index contributed by atoms with van der Waals surface area (Å²) in [7, 11) is 6.54. The van der Waals surface area contributed by atoms with Gasteiger partial charge in [-0.25, -0.2) is 4.79 Å². The molecule has 0 aromatic heterocycles. The van der Waals surface area contributed by atoms with Gasteiger partial charge in [-0.15, -0.1) is 0 Å². The average Bonchev–Trinajstić information content (AvgIpc) is 3.81. The van der Waals surface area contributed by atoms with E-state index in [0.29, 0.717) is 38.8 Å². The monoisotopic (exact) mass is 958 g/mol. The Balaban J connectivity index is 1.49. The van der Waals surface area contributed by atoms with Gasteiger partial charge >= 0.3 is 11.9 Å². The molecule has 0 radical (unpaired) electrons. The largest absolute Gasteiger partial charge is 0.481 e. The SMILES string of the molecule is CCC(C)C(C(CC(=O)N1CCCC1C(OC)C(C)C(=O)NC(Cc1ccccc1)C(=O)OCc1cccc2ccccc12)OC)N(C)C(=O)C(NC(=O)C(C(C)C)N(C)CCCC(=O)O)C(C)C. The van der Waals surface area contributed by atoms with Crippen LogP contribution in [0.1, 0.15) is 98.1 Å². The number of fused-ring (bicyclic) bond motifs is 1. The van der Waals surface area contributed by atoms with E-state index in [9.17, 15) is 28.8 Å². The lowest BCUT2D eigenvalue weighted by Gasteiger charge is -2.41. The second kappa shape index (κ2) is 27.1. The summed E-state index contributed by atoms with van der Waals surface area (Å²) in [6.45, 7) is 14.2. The molecule has 15 heteroatoms. The summed E-state index contributed by atoms with van der Waals surface area (Å²) in [5, 5.41) is 17.2. The summed E-state index contributed by atoms with van der Waals surface area (Å²) >= 11 is 0. The number of benzene rings is 3. The van der Waals surface area contributed by atoms with Gasteiger partial charge in [0.05, 0.1) is 42.7 Å². The lowest BCUT2D eigenvalue weighted by molar-refractivity contribution is -0.151. The highest BCUT2D eigenvalue weighted by atomic mass is 16.5. The van der Waals surface area contributed by atoms with Crippen LogP contribution in [-0.4, -0.2) is 139 Å². The number of carboxylic acid groups (broad SMARTS) is 1. The molecule has 3 aromatic carbocycles. The van der Waals surface area contributed by atoms with Crippen LogP contribution in [0.3, 0.4) is 0 Å². The Morgan fingerprint density at radius 2 is 1.49 bits per heavy atom. The van der Waals surface area contributed by atoms with Crippen LogP contribution < -0.4 is 10.6 Å². The lowest BCUT2D eigenvalue weighted by atomic mass is 9.89. The molecular weight excluding hydrogens is 879 g/mol. The van der Waals surface area contributed by atoms with Crippen molar-refractivity contribution >= 4 is 46.3 Å². The highest BCUT2D eigenvalue weighted by molar-refractivity contribution is 5.91. The number of nitrogens with zero attached hydrogens (tertiary/aromatic N) is 3. The first-order chi connectivity index (χ1) is 32.8. The molecule has 1 aliphatic rings. The number of rotatable bonds is 27. The number of methoxy groups -OCH3 is 2. The Morgan fingerprint density at radius 3 is 2.12 bits per heavy atom. The van der Waals surface area contributed by atoms with E-state index in [1.54, 1.807) is 30.8 Å². The number of hydrogen-bond donors (Lipinski definition) is 3. The van der Waals surface area contributed by atoms with Crippen molar-refractivity contribution in [2.45, 2.75) is 142 Å². The number of likely N-dealkylation sites (N-methyl/N-ethyl adjacent to an activating group) is 2. The topological polar surface area (TPSA) is 184 Å². The normalized spacial score (nSPS) is 17.4. The van der Waals surface area contributed by atoms with E-state index in [4.69, 9.17) is 19.3 Å². The van der Waals surface area contributed by atoms with Crippen LogP contribution in [0.4, 0.5) is 0 Å². The number of hydrogen-bond acceptors (Lipinski definition) is 10. The van der Waals surface area contributed by atoms with Gasteiger partial charge in [0.15, 0.2) is 0 Å². The van der Waals surface area contributed by atoms with E-state index in [1.807, 2.05) is 119 Å². The number of aliphatic carboxylic acids is 1. The quantitative estimate of drug-likeness (QED) is 0.0710. The van der Waals surface area contributed by atoms with Gasteiger partial charge in [-0.05, 0) is 72.5 Å². The first kappa shape index (κ1) is 56.2. The molecule has 380 valence electrons. The van der Waals surface area contributed by atoms with Crippen LogP contribution in [0.15, 0.2) is 72.8 Å². The van der Waals surface area contributed by atoms with Gasteiger partial charge in [0.25, 0.3) is 0 Å². The second-order valence-electron chi connectivity index (χ2n) is 19.5. The van der Waals surface area contributed by atoms with E-state index in [0.717, 1.165) is 21.9 Å². The Bertz CT molecular complexity index is 2150. The number of likely N-dealkylation sites (tertiary alicyclic amines) is 1. The molecule has 1 fully saturated rings. The Hall–Kier alpha value is -5.38. The number of esters is 1. The highest BCUT2D eigenvalue weighted by Gasteiger charge is 2.44. The molecule has 3 N–H and O–H groups in total. The molecule has 4 rings (SSSR count). The lowest BCUT2D eigenvalue weighted by Crippen LogP contribution is -2.60. The maximum atomic E-state index is 14.5. The summed E-state index contributed by atoms with van der Waals surface area (Å²) in [6.07, 6.45) is 1.07. The number of nitrogens with one attached hydrogen (secondary N) is 2. The van der Waals surface area contributed by atoms with Crippen LogP contribution in [0, 0.1) is 23.7 Å². The molecule has 1 heterocycles. The van der Waals surface area contributed by atoms with Crippen LogP contribution in [0.2, 0.25) is 0 Å². The highest BCUT2D eigenvalue weighted by Crippen LogP contribution is 2.30. The van der Waals surface area contributed by atoms with Crippen LogP contribution >= 0.6 is 0 Å². The molecule has 69 heavy (non-hydrogen) atoms. The summed E-state index contributed by atoms with van der Waals surface area (Å²) < 4.78 is 18.0. The van der Waals surface area contributed by atoms with Crippen molar-refractivity contribution in [1.29, 1.82) is 0 Å². The predicted octanol–water partition coefficient (Wildman–Crippen LogP) is 6.49. The molecule has 1 aliphatic heterocycles. The van der Waals surface area contributed by atoms with Gasteiger partial charge in [0, 0.05) is 40.7 Å². The zero-order chi connectivity index (χ0) is 50.9. The van der Waals surface area contributed by atoms with Crippen molar-refractivity contribution in [3.05, 3.63) is 83.9 Å². The predicted molar refractivity (Wildman–Crippen MR) is 267 cm³/mol. The fourth-order valence-corrected chi connectivity index (χ4v) is 9.92. The van der Waals surface area contributed by atoms with Crippen molar-refractivity contribution in [1.82, 2.24) is 25.3 Å². The first-order valence-corrected chi connectivity index (χ1v) is 24.7. The molecule has 1 saturated heterocycles. The third kappa shape index (κ3) is 15.3. The molecule has 9 atom stereocenters. The van der Waals surface area contributed by atoms with Crippen LogP contribution in [0.25, 0.3) is 10.8 Å². The fourth-order valence-electron chi connectivity index (χ4n) is 9.92. The van der Waals surface area contributed by atoms with Crippen molar-refractivity contribution < 1.29 is 48.1 Å². The average molecular weight is 958 g/mol. The van der Waals surface area contributed by atoms with Crippen LogP contribution in [-0.2, 0) is 56.0 Å². The van der Waals surface area contributed by atoms with Crippen molar-refractivity contribution in [3.63, 3.8) is 0 Å². The minimum Gasteiger partial charge on any atom is -0.481 e. The molecule has 4 amide bonds. The number of carbonyl (C=O) groups is 6. The maximum absolute atomic E-state index is 14.5. The zero-order valence-electron chi connectivity index (χ0n) is 42.8. The van der Waals surface area contributed by atoms with E-state index in [2.05, 4.69) is 10.6 Å². The third-order valence-electron chi connectivity index (χ3n) is 13.9. The fraction of sp³-hybridized carbons (Fsp3) is 0.593. The molecule has 0 aliphatic carbocycles. The van der Waals surface area contributed by atoms with Crippen molar-refractivity contribution in [2.24, 2.45) is 23.7 Å². The standard InChI is InChI=1S/C54H79N5O10/c1-12-36(6)49(58(9)53(65)47(34(2)3)56-52(64)48(35(4)5)57(8)29-20-28-46(61)62)44(67-10)32-45(60)59-30-19-27-43(59)50(68-11)37(7)51(63)55-42(31-38-21-14-13-15-22-38)54(66)69-33-40-25-18-24-39-23-16-17-26-41(39)40/h13-18,21-26,34-37,42-44,47-50H,12,19-20,27-33H2,1-11H3,(H,55,63)(H,56,64)(H,61,62). The van der Waals surface area contributed by atoms with Crippen molar-refractivity contribution in [2.75, 3.05) is 41.4 Å². The van der Waals surface area contributed by atoms with E-state index in [1.165, 1.54) is 14.2 Å². The van der Waals surface area contributed by atoms with Gasteiger partial charge in [-0.2, -0.15) is 0 Å². The van der Waals surface area contributed by atoms with Gasteiger partial charge in [0.1, 0.15) is 18.7 Å². The summed E-state index contributed by atoms with van der Waals surface area (Å²) in [6, 6.07) is 19.7. The summed E-state index contributed by atoms with van der Waals surface area (Å²) in [5.74, 6) is -3.97. The first-order valence-electron chi connectivity index (χ1n) is 24.7. The van der Waals surface area contributed by atoms with Crippen molar-refractivity contribution in [3.8, 4) is 0 Å². The molecule has 0 spiro atoms. The second-order valence-corrected chi connectivity index (χ2v) is 19.5. The molecular formula is C54H79N5O10. The molecule has 0 saturated carbocycles. The van der Waals surface area contributed by atoms with E-state index in [-0.39, 0.29) is 61.3 Å². The van der Waals surface area contributed by atoms with Gasteiger partial charge < -0.3 is 39.8 Å². The molecule has 9 unspecified atom stereocenters. The van der Waals surface area contributed by atoms with Gasteiger partial charge in [0.2, 0.25) is 23.6 Å². The molecule has 3 aromatic rings. The molecule has 15 nitrogen and oxygen atoms in total. The minimum absolute atomic E-state index is 0.0135. The van der Waals surface area contributed by atoms with E-state index >= 15 is 0 Å². The summed E-state index contributed by atoms with van der Waals surface area (Å²) in [4.78, 5) is 87.4. The molecule has 0 bridgehead atoms.